The second-order valence-corrected chi connectivity index (χ2v) is 3.36. The first-order valence-electron chi connectivity index (χ1n) is 3.79. The summed E-state index contributed by atoms with van der Waals surface area (Å²) in [6.07, 6.45) is 1.38. The summed E-state index contributed by atoms with van der Waals surface area (Å²) < 4.78 is 0. The van der Waals surface area contributed by atoms with Gasteiger partial charge in [0.1, 0.15) is 0 Å². The molecule has 0 bridgehead atoms. The third kappa shape index (κ3) is 2.00. The highest BCUT2D eigenvalue weighted by molar-refractivity contribution is 5.85. The Kier molecular flexibility index (Phi) is 4.12. The van der Waals surface area contributed by atoms with E-state index in [1.54, 1.807) is 0 Å². The minimum absolute atomic E-state index is 0. The van der Waals surface area contributed by atoms with Gasteiger partial charge >= 0.3 is 0 Å². The lowest BCUT2D eigenvalue weighted by atomic mass is 10.2. The fourth-order valence-electron chi connectivity index (χ4n) is 1.75. The van der Waals surface area contributed by atoms with E-state index in [2.05, 4.69) is 17.6 Å². The van der Waals surface area contributed by atoms with Crippen LogP contribution >= 0.6 is 24.8 Å². The number of halogens is 2. The Hall–Kier alpha value is 0.500. The van der Waals surface area contributed by atoms with E-state index in [9.17, 15) is 0 Å². The van der Waals surface area contributed by atoms with Crippen molar-refractivity contribution in [2.24, 2.45) is 5.92 Å². The monoisotopic (exact) mass is 198 g/mol. The Balaban J connectivity index is 0.000000500. The van der Waals surface area contributed by atoms with E-state index >= 15 is 0 Å². The predicted octanol–water partition coefficient (Wildman–Crippen LogP) is 0.801. The van der Waals surface area contributed by atoms with Crippen LogP contribution < -0.4 is 10.6 Å². The molecule has 2 fully saturated rings. The molecule has 2 rings (SSSR count). The van der Waals surface area contributed by atoms with Crippen molar-refractivity contribution in [1.82, 2.24) is 10.6 Å². The van der Waals surface area contributed by atoms with Gasteiger partial charge < -0.3 is 10.6 Å². The summed E-state index contributed by atoms with van der Waals surface area (Å²) in [6, 6.07) is 0. The number of hydrogen-bond acceptors (Lipinski definition) is 2. The Morgan fingerprint density at radius 3 is 2.18 bits per heavy atom. The summed E-state index contributed by atoms with van der Waals surface area (Å²) in [5.41, 5.74) is 0.526. The topological polar surface area (TPSA) is 24.1 Å². The Labute approximate surface area is 80.3 Å². The molecule has 4 heteroatoms. The van der Waals surface area contributed by atoms with Gasteiger partial charge in [-0.25, -0.2) is 0 Å². The predicted molar refractivity (Wildman–Crippen MR) is 51.9 cm³/mol. The fraction of sp³-hybridized carbons (Fsp3) is 1.00. The standard InChI is InChI=1S/C7H14N2.2ClH/c1-6-4-7(6)5-8-2-3-9-7;;/h6,8-9H,2-5H2,1H3;2*1H. The van der Waals surface area contributed by atoms with Crippen molar-refractivity contribution in [3.8, 4) is 0 Å². The molecule has 2 atom stereocenters. The van der Waals surface area contributed by atoms with Gasteiger partial charge in [-0.05, 0) is 12.3 Å². The van der Waals surface area contributed by atoms with E-state index < -0.39 is 0 Å². The van der Waals surface area contributed by atoms with Gasteiger partial charge in [0.2, 0.25) is 0 Å². The zero-order valence-electron chi connectivity index (χ0n) is 6.72. The van der Waals surface area contributed by atoms with Crippen LogP contribution in [-0.2, 0) is 0 Å². The molecule has 2 N–H and O–H groups in total. The molecule has 1 saturated carbocycles. The van der Waals surface area contributed by atoms with Gasteiger partial charge in [-0.15, -0.1) is 24.8 Å². The van der Waals surface area contributed by atoms with Crippen molar-refractivity contribution in [3.05, 3.63) is 0 Å². The summed E-state index contributed by atoms with van der Waals surface area (Å²) in [5.74, 6) is 0.908. The highest BCUT2D eigenvalue weighted by Crippen LogP contribution is 2.42. The van der Waals surface area contributed by atoms with Crippen molar-refractivity contribution in [2.45, 2.75) is 18.9 Å². The quantitative estimate of drug-likeness (QED) is 0.603. The first-order chi connectivity index (χ1) is 4.33. The van der Waals surface area contributed by atoms with Gasteiger partial charge in [0.25, 0.3) is 0 Å². The van der Waals surface area contributed by atoms with Crippen LogP contribution in [0.4, 0.5) is 0 Å². The average molecular weight is 199 g/mol. The summed E-state index contributed by atoms with van der Waals surface area (Å²) >= 11 is 0. The average Bonchev–Trinajstić information content (AvgIpc) is 2.44. The molecule has 1 spiro atoms. The SMILES string of the molecule is CC1CC12CNCCN2.Cl.Cl. The Morgan fingerprint density at radius 2 is 1.91 bits per heavy atom. The summed E-state index contributed by atoms with van der Waals surface area (Å²) in [6.45, 7) is 5.81. The lowest BCUT2D eigenvalue weighted by molar-refractivity contribution is 0.382. The number of rotatable bonds is 0. The van der Waals surface area contributed by atoms with Crippen LogP contribution in [0, 0.1) is 5.92 Å². The zero-order chi connectivity index (χ0) is 6.32. The highest BCUT2D eigenvalue weighted by Gasteiger charge is 2.50. The molecule has 2 unspecified atom stereocenters. The lowest BCUT2D eigenvalue weighted by Gasteiger charge is -2.24. The molecule has 0 aromatic heterocycles. The molecular formula is C7H16Cl2N2. The smallest absolute Gasteiger partial charge is 0.0336 e. The van der Waals surface area contributed by atoms with Crippen LogP contribution in [0.15, 0.2) is 0 Å². The highest BCUT2D eigenvalue weighted by atomic mass is 35.5. The summed E-state index contributed by atoms with van der Waals surface area (Å²) in [4.78, 5) is 0. The Bertz CT molecular complexity index is 124. The Morgan fingerprint density at radius 1 is 1.27 bits per heavy atom. The van der Waals surface area contributed by atoms with E-state index in [0.717, 1.165) is 19.0 Å². The normalized spacial score (nSPS) is 40.6. The van der Waals surface area contributed by atoms with Crippen molar-refractivity contribution in [1.29, 1.82) is 0 Å². The molecule has 0 amide bonds. The summed E-state index contributed by atoms with van der Waals surface area (Å²) in [5, 5.41) is 6.96. The third-order valence-electron chi connectivity index (χ3n) is 2.67. The fourth-order valence-corrected chi connectivity index (χ4v) is 1.75. The number of nitrogens with one attached hydrogen (secondary N) is 2. The van der Waals surface area contributed by atoms with Crippen LogP contribution in [-0.4, -0.2) is 25.2 Å². The molecule has 1 heterocycles. The van der Waals surface area contributed by atoms with Crippen LogP contribution in [0.2, 0.25) is 0 Å². The van der Waals surface area contributed by atoms with Gasteiger partial charge in [-0.3, -0.25) is 0 Å². The second kappa shape index (κ2) is 3.94. The van der Waals surface area contributed by atoms with E-state index in [0.29, 0.717) is 5.54 Å². The molecule has 1 aliphatic heterocycles. The largest absolute Gasteiger partial charge is 0.314 e. The third-order valence-corrected chi connectivity index (χ3v) is 2.67. The van der Waals surface area contributed by atoms with Gasteiger partial charge in [0.15, 0.2) is 0 Å². The molecule has 2 nitrogen and oxygen atoms in total. The van der Waals surface area contributed by atoms with Crippen molar-refractivity contribution >= 4 is 24.8 Å². The van der Waals surface area contributed by atoms with Gasteiger partial charge in [-0.2, -0.15) is 0 Å². The van der Waals surface area contributed by atoms with Crippen LogP contribution in [0.25, 0.3) is 0 Å². The van der Waals surface area contributed by atoms with Crippen molar-refractivity contribution < 1.29 is 0 Å². The van der Waals surface area contributed by atoms with Crippen LogP contribution in [0.1, 0.15) is 13.3 Å². The van der Waals surface area contributed by atoms with Gasteiger partial charge in [0.05, 0.1) is 0 Å². The minimum atomic E-state index is 0. The summed E-state index contributed by atoms with van der Waals surface area (Å²) in [7, 11) is 0. The maximum atomic E-state index is 3.56. The van der Waals surface area contributed by atoms with E-state index in [-0.39, 0.29) is 24.8 Å². The molecule has 1 saturated heterocycles. The molecule has 68 valence electrons. The van der Waals surface area contributed by atoms with Crippen LogP contribution in [0.5, 0.6) is 0 Å². The maximum Gasteiger partial charge on any atom is 0.0336 e. The second-order valence-electron chi connectivity index (χ2n) is 3.36. The van der Waals surface area contributed by atoms with Crippen molar-refractivity contribution in [2.75, 3.05) is 19.6 Å². The first-order valence-corrected chi connectivity index (χ1v) is 3.79. The molecular weight excluding hydrogens is 183 g/mol. The molecule has 0 radical (unpaired) electrons. The molecule has 11 heavy (non-hydrogen) atoms. The van der Waals surface area contributed by atoms with E-state index in [1.165, 1.54) is 13.0 Å². The number of hydrogen-bond donors (Lipinski definition) is 2. The maximum absolute atomic E-state index is 3.56. The van der Waals surface area contributed by atoms with Crippen molar-refractivity contribution in [3.63, 3.8) is 0 Å². The minimum Gasteiger partial charge on any atom is -0.314 e. The molecule has 1 aliphatic carbocycles. The van der Waals surface area contributed by atoms with Gasteiger partial charge in [0, 0.05) is 25.2 Å². The zero-order valence-corrected chi connectivity index (χ0v) is 8.36. The van der Waals surface area contributed by atoms with E-state index in [1.807, 2.05) is 0 Å². The number of piperazine rings is 1. The molecule has 0 aromatic rings. The molecule has 2 aliphatic rings. The van der Waals surface area contributed by atoms with Crippen LogP contribution in [0.3, 0.4) is 0 Å². The molecule has 0 aromatic carbocycles. The first kappa shape index (κ1) is 11.5. The van der Waals surface area contributed by atoms with Gasteiger partial charge in [-0.1, -0.05) is 6.92 Å². The van der Waals surface area contributed by atoms with E-state index in [4.69, 9.17) is 0 Å². The lowest BCUT2D eigenvalue weighted by Crippen LogP contribution is -2.51.